The van der Waals surface area contributed by atoms with Crippen molar-refractivity contribution in [1.29, 1.82) is 0 Å². The van der Waals surface area contributed by atoms with Gasteiger partial charge in [-0.1, -0.05) is 28.5 Å². The van der Waals surface area contributed by atoms with Crippen LogP contribution in [0.25, 0.3) is 0 Å². The smallest absolute Gasteiger partial charge is 0.219 e. The van der Waals surface area contributed by atoms with Gasteiger partial charge in [0.1, 0.15) is 0 Å². The van der Waals surface area contributed by atoms with E-state index in [0.717, 1.165) is 12.3 Å². The van der Waals surface area contributed by atoms with E-state index in [2.05, 4.69) is 5.32 Å². The molecule has 0 aromatic carbocycles. The summed E-state index contributed by atoms with van der Waals surface area (Å²) in [4.78, 5) is 10.6. The van der Waals surface area contributed by atoms with Crippen LogP contribution in [0.2, 0.25) is 0 Å². The van der Waals surface area contributed by atoms with Crippen LogP contribution in [0, 0.1) is 0 Å². The number of rotatable bonds is 5. The van der Waals surface area contributed by atoms with Crippen LogP contribution in [-0.4, -0.2) is 24.5 Å². The summed E-state index contributed by atoms with van der Waals surface area (Å²) < 4.78 is 0. The third-order valence-electron chi connectivity index (χ3n) is 0.947. The van der Waals surface area contributed by atoms with E-state index < -0.39 is 0 Å². The van der Waals surface area contributed by atoms with E-state index in [1.54, 1.807) is 21.6 Å². The summed E-state index contributed by atoms with van der Waals surface area (Å²) in [5.41, 5.74) is 0. The first-order chi connectivity index (χ1) is 4.81. The lowest BCUT2D eigenvalue weighted by molar-refractivity contribution is -0.120. The Bertz CT molecular complexity index is 97.7. The molecule has 0 aromatic rings. The third kappa shape index (κ3) is 6.29. The molecule has 0 saturated carbocycles. The monoisotopic (exact) mass is 179 g/mol. The molecule has 0 fully saturated rings. The summed E-state index contributed by atoms with van der Waals surface area (Å²) in [6.45, 7) is 2.65. The number of carbonyl (C=O) groups is 1. The van der Waals surface area contributed by atoms with E-state index in [1.807, 2.05) is 13.2 Å². The second kappa shape index (κ2) is 7.28. The van der Waals surface area contributed by atoms with Crippen molar-refractivity contribution in [3.8, 4) is 0 Å². The second-order valence-corrected chi connectivity index (χ2v) is 4.38. The Kier molecular flexibility index (Phi) is 7.40. The number of hydrogen-bond acceptors (Lipinski definition) is 3. The molecule has 0 aromatic heterocycles. The van der Waals surface area contributed by atoms with Gasteiger partial charge in [-0.2, -0.15) is 0 Å². The van der Waals surface area contributed by atoms with E-state index in [1.165, 1.54) is 0 Å². The molecule has 0 saturated heterocycles. The van der Waals surface area contributed by atoms with E-state index in [9.17, 15) is 4.79 Å². The minimum atomic E-state index is 0.140. The highest BCUT2D eigenvalue weighted by Gasteiger charge is 1.93. The normalized spacial score (nSPS) is 9.40. The SMILES string of the molecule is CCC(=O)NCCSSC. The molecular formula is C6H13NOS2. The molecule has 2 nitrogen and oxygen atoms in total. The Balaban J connectivity index is 2.96. The molecule has 0 aliphatic carbocycles. The summed E-state index contributed by atoms with van der Waals surface area (Å²) >= 11 is 0. The Hall–Kier alpha value is 0.170. The Morgan fingerprint density at radius 2 is 2.30 bits per heavy atom. The van der Waals surface area contributed by atoms with Crippen LogP contribution in [0.5, 0.6) is 0 Å². The highest BCUT2D eigenvalue weighted by atomic mass is 33.1. The lowest BCUT2D eigenvalue weighted by Gasteiger charge is -2.00. The largest absolute Gasteiger partial charge is 0.355 e. The molecule has 0 aliphatic rings. The van der Waals surface area contributed by atoms with E-state index in [-0.39, 0.29) is 5.91 Å². The fourth-order valence-corrected chi connectivity index (χ4v) is 1.54. The Morgan fingerprint density at radius 1 is 1.60 bits per heavy atom. The zero-order chi connectivity index (χ0) is 7.82. The average molecular weight is 179 g/mol. The van der Waals surface area contributed by atoms with Gasteiger partial charge < -0.3 is 5.32 Å². The van der Waals surface area contributed by atoms with E-state index in [0.29, 0.717) is 6.42 Å². The van der Waals surface area contributed by atoms with Crippen molar-refractivity contribution >= 4 is 27.5 Å². The zero-order valence-electron chi connectivity index (χ0n) is 6.35. The maximum Gasteiger partial charge on any atom is 0.219 e. The zero-order valence-corrected chi connectivity index (χ0v) is 7.98. The summed E-state index contributed by atoms with van der Waals surface area (Å²) in [6.07, 6.45) is 2.62. The Labute approximate surface area is 69.9 Å². The van der Waals surface area contributed by atoms with Crippen molar-refractivity contribution in [3.63, 3.8) is 0 Å². The molecule has 10 heavy (non-hydrogen) atoms. The van der Waals surface area contributed by atoms with E-state index in [4.69, 9.17) is 0 Å². The summed E-state index contributed by atoms with van der Waals surface area (Å²) in [5, 5.41) is 2.79. The van der Waals surface area contributed by atoms with Crippen LogP contribution in [0.15, 0.2) is 0 Å². The van der Waals surface area contributed by atoms with Gasteiger partial charge in [-0.05, 0) is 6.26 Å². The van der Waals surface area contributed by atoms with Gasteiger partial charge in [0.15, 0.2) is 0 Å². The topological polar surface area (TPSA) is 29.1 Å². The summed E-state index contributed by atoms with van der Waals surface area (Å²) in [5.74, 6) is 1.13. The first-order valence-corrected chi connectivity index (χ1v) is 5.96. The lowest BCUT2D eigenvalue weighted by atomic mass is 10.4. The van der Waals surface area contributed by atoms with Crippen LogP contribution in [0.1, 0.15) is 13.3 Å². The molecule has 0 rings (SSSR count). The highest BCUT2D eigenvalue weighted by Crippen LogP contribution is 2.14. The number of nitrogens with one attached hydrogen (secondary N) is 1. The summed E-state index contributed by atoms with van der Waals surface area (Å²) in [7, 11) is 3.49. The molecule has 0 heterocycles. The van der Waals surface area contributed by atoms with Gasteiger partial charge in [-0.25, -0.2) is 0 Å². The molecule has 4 heteroatoms. The van der Waals surface area contributed by atoms with Gasteiger partial charge >= 0.3 is 0 Å². The fourth-order valence-electron chi connectivity index (χ4n) is 0.440. The van der Waals surface area contributed by atoms with Crippen LogP contribution in [0.4, 0.5) is 0 Å². The molecule has 0 aliphatic heterocycles. The minimum Gasteiger partial charge on any atom is -0.355 e. The van der Waals surface area contributed by atoms with Gasteiger partial charge in [-0.15, -0.1) is 0 Å². The number of hydrogen-bond donors (Lipinski definition) is 1. The minimum absolute atomic E-state index is 0.140. The number of carbonyl (C=O) groups excluding carboxylic acids is 1. The van der Waals surface area contributed by atoms with Crippen molar-refractivity contribution in [2.45, 2.75) is 13.3 Å². The Morgan fingerprint density at radius 3 is 2.80 bits per heavy atom. The number of amides is 1. The van der Waals surface area contributed by atoms with Crippen molar-refractivity contribution in [3.05, 3.63) is 0 Å². The first-order valence-electron chi connectivity index (χ1n) is 3.23. The predicted octanol–water partition coefficient (Wildman–Crippen LogP) is 1.52. The van der Waals surface area contributed by atoms with E-state index >= 15 is 0 Å². The van der Waals surface area contributed by atoms with Crippen LogP contribution in [0.3, 0.4) is 0 Å². The van der Waals surface area contributed by atoms with Crippen LogP contribution < -0.4 is 5.32 Å². The highest BCUT2D eigenvalue weighted by molar-refractivity contribution is 8.76. The molecule has 1 amide bonds. The molecular weight excluding hydrogens is 166 g/mol. The quantitative estimate of drug-likeness (QED) is 0.512. The lowest BCUT2D eigenvalue weighted by Crippen LogP contribution is -2.24. The summed E-state index contributed by atoms with van der Waals surface area (Å²) in [6, 6.07) is 0. The van der Waals surface area contributed by atoms with Crippen molar-refractivity contribution < 1.29 is 4.79 Å². The van der Waals surface area contributed by atoms with Crippen molar-refractivity contribution in [1.82, 2.24) is 5.32 Å². The first kappa shape index (κ1) is 10.2. The average Bonchev–Trinajstić information content (AvgIpc) is 1.98. The van der Waals surface area contributed by atoms with Crippen molar-refractivity contribution in [2.24, 2.45) is 0 Å². The molecule has 60 valence electrons. The fraction of sp³-hybridized carbons (Fsp3) is 0.833. The maximum absolute atomic E-state index is 10.6. The van der Waals surface area contributed by atoms with Gasteiger partial charge in [-0.3, -0.25) is 4.79 Å². The molecule has 0 spiro atoms. The molecule has 0 radical (unpaired) electrons. The van der Waals surface area contributed by atoms with Gasteiger partial charge in [0.2, 0.25) is 5.91 Å². The van der Waals surface area contributed by atoms with Gasteiger partial charge in [0.25, 0.3) is 0 Å². The van der Waals surface area contributed by atoms with Crippen LogP contribution in [-0.2, 0) is 4.79 Å². The predicted molar refractivity (Wildman–Crippen MR) is 49.3 cm³/mol. The molecule has 0 atom stereocenters. The molecule has 1 N–H and O–H groups in total. The van der Waals surface area contributed by atoms with Gasteiger partial charge in [0.05, 0.1) is 0 Å². The molecule has 0 bridgehead atoms. The standard InChI is InChI=1S/C6H13NOS2/c1-3-6(8)7-4-5-10-9-2/h3-5H2,1-2H3,(H,7,8). The van der Waals surface area contributed by atoms with Crippen molar-refractivity contribution in [2.75, 3.05) is 18.6 Å². The molecule has 0 unspecified atom stereocenters. The second-order valence-electron chi connectivity index (χ2n) is 1.69. The third-order valence-corrected chi connectivity index (χ3v) is 2.76. The maximum atomic E-state index is 10.6. The van der Waals surface area contributed by atoms with Gasteiger partial charge in [0, 0.05) is 18.7 Å². The van der Waals surface area contributed by atoms with Crippen LogP contribution >= 0.6 is 21.6 Å².